The summed E-state index contributed by atoms with van der Waals surface area (Å²) < 4.78 is 0. The van der Waals surface area contributed by atoms with E-state index in [-0.39, 0.29) is 0 Å². The van der Waals surface area contributed by atoms with Gasteiger partial charge >= 0.3 is 0 Å². The number of hydrogen-bond donors (Lipinski definition) is 1. The van der Waals surface area contributed by atoms with Crippen molar-refractivity contribution in [3.05, 3.63) is 53.4 Å². The van der Waals surface area contributed by atoms with Crippen molar-refractivity contribution >= 4 is 0 Å². The summed E-state index contributed by atoms with van der Waals surface area (Å²) in [5, 5.41) is 0. The fraction of sp³-hybridized carbons (Fsp3) is 0.250. The highest BCUT2D eigenvalue weighted by Crippen LogP contribution is 2.10. The molecule has 0 spiro atoms. The Morgan fingerprint density at radius 3 is 2.69 bits per heavy atom. The highest BCUT2D eigenvalue weighted by Gasteiger charge is 2.05. The monoisotopic (exact) mass is 214 g/mol. The molecule has 82 valence electrons. The molecule has 4 nitrogen and oxygen atoms in total. The summed E-state index contributed by atoms with van der Waals surface area (Å²) in [6.45, 7) is 2.36. The Morgan fingerprint density at radius 2 is 2.00 bits per heavy atom. The fourth-order valence-electron chi connectivity index (χ4n) is 1.56. The van der Waals surface area contributed by atoms with Gasteiger partial charge in [0.1, 0.15) is 5.82 Å². The zero-order valence-electron chi connectivity index (χ0n) is 9.22. The maximum atomic E-state index is 5.66. The summed E-state index contributed by atoms with van der Waals surface area (Å²) in [6.07, 6.45) is 6.15. The van der Waals surface area contributed by atoms with Gasteiger partial charge in [-0.25, -0.2) is 9.97 Å². The predicted molar refractivity (Wildman–Crippen MR) is 61.7 cm³/mol. The van der Waals surface area contributed by atoms with Crippen molar-refractivity contribution in [2.24, 2.45) is 5.73 Å². The van der Waals surface area contributed by atoms with E-state index < -0.39 is 0 Å². The molecule has 2 rings (SSSR count). The van der Waals surface area contributed by atoms with Gasteiger partial charge in [-0.15, -0.1) is 0 Å². The van der Waals surface area contributed by atoms with Crippen LogP contribution in [0, 0.1) is 6.92 Å². The van der Waals surface area contributed by atoms with Crippen LogP contribution >= 0.6 is 0 Å². The van der Waals surface area contributed by atoms with Gasteiger partial charge in [-0.3, -0.25) is 4.98 Å². The molecule has 0 aliphatic heterocycles. The molecule has 0 aromatic carbocycles. The fourth-order valence-corrected chi connectivity index (χ4v) is 1.56. The molecule has 0 saturated heterocycles. The van der Waals surface area contributed by atoms with E-state index in [0.29, 0.717) is 6.54 Å². The van der Waals surface area contributed by atoms with E-state index in [1.165, 1.54) is 5.56 Å². The van der Waals surface area contributed by atoms with Gasteiger partial charge in [-0.05, 0) is 24.6 Å². The third-order valence-electron chi connectivity index (χ3n) is 2.42. The smallest absolute Gasteiger partial charge is 0.125 e. The SMILES string of the molecule is Cc1ncc(CN)c(Cc2ccncc2)n1. The molecule has 16 heavy (non-hydrogen) atoms. The van der Waals surface area contributed by atoms with Crippen LogP contribution in [0.3, 0.4) is 0 Å². The van der Waals surface area contributed by atoms with E-state index >= 15 is 0 Å². The summed E-state index contributed by atoms with van der Waals surface area (Å²) in [5.74, 6) is 0.779. The van der Waals surface area contributed by atoms with E-state index in [9.17, 15) is 0 Å². The highest BCUT2D eigenvalue weighted by atomic mass is 14.9. The minimum Gasteiger partial charge on any atom is -0.326 e. The Hall–Kier alpha value is -1.81. The third kappa shape index (κ3) is 2.41. The maximum Gasteiger partial charge on any atom is 0.125 e. The van der Waals surface area contributed by atoms with E-state index in [2.05, 4.69) is 15.0 Å². The minimum absolute atomic E-state index is 0.473. The van der Waals surface area contributed by atoms with Crippen LogP contribution in [-0.4, -0.2) is 15.0 Å². The number of hydrogen-bond acceptors (Lipinski definition) is 4. The van der Waals surface area contributed by atoms with Crippen molar-refractivity contribution in [1.82, 2.24) is 15.0 Å². The molecule has 0 fully saturated rings. The lowest BCUT2D eigenvalue weighted by atomic mass is 10.1. The predicted octanol–water partition coefficient (Wildman–Crippen LogP) is 1.23. The third-order valence-corrected chi connectivity index (χ3v) is 2.42. The highest BCUT2D eigenvalue weighted by molar-refractivity contribution is 5.25. The van der Waals surface area contributed by atoms with Crippen LogP contribution in [0.2, 0.25) is 0 Å². The lowest BCUT2D eigenvalue weighted by molar-refractivity contribution is 0.897. The molecule has 2 aromatic rings. The van der Waals surface area contributed by atoms with Crippen LogP contribution in [0.15, 0.2) is 30.7 Å². The molecule has 0 bridgehead atoms. The van der Waals surface area contributed by atoms with Gasteiger partial charge in [0, 0.05) is 37.1 Å². The molecule has 0 radical (unpaired) electrons. The summed E-state index contributed by atoms with van der Waals surface area (Å²) in [5.41, 5.74) is 8.85. The van der Waals surface area contributed by atoms with Gasteiger partial charge in [0.15, 0.2) is 0 Å². The first-order chi connectivity index (χ1) is 7.79. The average molecular weight is 214 g/mol. The Balaban J connectivity index is 2.30. The zero-order chi connectivity index (χ0) is 11.4. The van der Waals surface area contributed by atoms with Crippen LogP contribution in [0.1, 0.15) is 22.6 Å². The van der Waals surface area contributed by atoms with E-state index in [1.54, 1.807) is 18.6 Å². The Kier molecular flexibility index (Phi) is 3.22. The van der Waals surface area contributed by atoms with Crippen LogP contribution < -0.4 is 5.73 Å². The van der Waals surface area contributed by atoms with Gasteiger partial charge in [-0.2, -0.15) is 0 Å². The normalized spacial score (nSPS) is 10.4. The van der Waals surface area contributed by atoms with Crippen LogP contribution in [0.25, 0.3) is 0 Å². The molecule has 2 heterocycles. The summed E-state index contributed by atoms with van der Waals surface area (Å²) in [7, 11) is 0. The lowest BCUT2D eigenvalue weighted by Crippen LogP contribution is -2.07. The first-order valence-electron chi connectivity index (χ1n) is 5.20. The van der Waals surface area contributed by atoms with Gasteiger partial charge in [0.2, 0.25) is 0 Å². The molecule has 0 aliphatic carbocycles. The van der Waals surface area contributed by atoms with E-state index in [1.807, 2.05) is 19.1 Å². The van der Waals surface area contributed by atoms with E-state index in [4.69, 9.17) is 5.73 Å². The van der Waals surface area contributed by atoms with Gasteiger partial charge in [0.25, 0.3) is 0 Å². The molecule has 0 unspecified atom stereocenters. The average Bonchev–Trinajstić information content (AvgIpc) is 2.31. The first kappa shape index (κ1) is 10.7. The lowest BCUT2D eigenvalue weighted by Gasteiger charge is -2.07. The molecule has 4 heteroatoms. The van der Waals surface area contributed by atoms with Crippen LogP contribution in [0.5, 0.6) is 0 Å². The maximum absolute atomic E-state index is 5.66. The van der Waals surface area contributed by atoms with Crippen molar-refractivity contribution in [3.8, 4) is 0 Å². The summed E-state index contributed by atoms with van der Waals surface area (Å²) >= 11 is 0. The second-order valence-electron chi connectivity index (χ2n) is 3.63. The Morgan fingerprint density at radius 1 is 1.25 bits per heavy atom. The van der Waals surface area contributed by atoms with E-state index in [0.717, 1.165) is 23.5 Å². The molecule has 0 atom stereocenters. The van der Waals surface area contributed by atoms with Crippen LogP contribution in [0.4, 0.5) is 0 Å². The summed E-state index contributed by atoms with van der Waals surface area (Å²) in [4.78, 5) is 12.6. The molecule has 2 aromatic heterocycles. The quantitative estimate of drug-likeness (QED) is 0.834. The number of aryl methyl sites for hydroxylation is 1. The molecule has 0 aliphatic rings. The summed E-state index contributed by atoms with van der Waals surface area (Å²) in [6, 6.07) is 3.97. The number of pyridine rings is 1. The minimum atomic E-state index is 0.473. The molecule has 0 amide bonds. The Labute approximate surface area is 94.6 Å². The van der Waals surface area contributed by atoms with Crippen LogP contribution in [-0.2, 0) is 13.0 Å². The topological polar surface area (TPSA) is 64.7 Å². The first-order valence-corrected chi connectivity index (χ1v) is 5.20. The van der Waals surface area contributed by atoms with Crippen molar-refractivity contribution in [2.45, 2.75) is 19.9 Å². The van der Waals surface area contributed by atoms with Crippen molar-refractivity contribution in [2.75, 3.05) is 0 Å². The van der Waals surface area contributed by atoms with Crippen molar-refractivity contribution in [3.63, 3.8) is 0 Å². The van der Waals surface area contributed by atoms with Gasteiger partial charge < -0.3 is 5.73 Å². The van der Waals surface area contributed by atoms with Gasteiger partial charge in [0.05, 0.1) is 5.69 Å². The molecule has 0 saturated carbocycles. The molecular weight excluding hydrogens is 200 g/mol. The van der Waals surface area contributed by atoms with Crippen molar-refractivity contribution < 1.29 is 0 Å². The molecule has 2 N–H and O–H groups in total. The second-order valence-corrected chi connectivity index (χ2v) is 3.63. The van der Waals surface area contributed by atoms with Crippen molar-refractivity contribution in [1.29, 1.82) is 0 Å². The zero-order valence-corrected chi connectivity index (χ0v) is 9.22. The second kappa shape index (κ2) is 4.81. The number of aromatic nitrogens is 3. The number of nitrogens with two attached hydrogens (primary N) is 1. The number of rotatable bonds is 3. The Bertz CT molecular complexity index is 468. The number of nitrogens with zero attached hydrogens (tertiary/aromatic N) is 3. The molecular formula is C12H14N4. The standard InChI is InChI=1S/C12H14N4/c1-9-15-8-11(7-13)12(16-9)6-10-2-4-14-5-3-10/h2-5,8H,6-7,13H2,1H3. The van der Waals surface area contributed by atoms with Gasteiger partial charge in [-0.1, -0.05) is 0 Å². The largest absolute Gasteiger partial charge is 0.326 e.